The maximum Gasteiger partial charge on any atom is 0.342 e. The Bertz CT molecular complexity index is 503. The average molecular weight is 265 g/mol. The maximum atomic E-state index is 11.4. The summed E-state index contributed by atoms with van der Waals surface area (Å²) in [6, 6.07) is 0. The summed E-state index contributed by atoms with van der Waals surface area (Å²) in [6.45, 7) is 9.19. The molecule has 0 aliphatic carbocycles. The number of imidazole rings is 1. The highest BCUT2D eigenvalue weighted by Gasteiger charge is 2.16. The number of nitro groups is 1. The lowest BCUT2D eigenvalue weighted by atomic mass is 10.3. The highest BCUT2D eigenvalue weighted by molar-refractivity contribution is 5.75. The largest absolute Gasteiger partial charge is 0.358 e. The molecule has 8 nitrogen and oxygen atoms in total. The lowest BCUT2D eigenvalue weighted by molar-refractivity contribution is -0.392. The lowest BCUT2D eigenvalue weighted by Crippen LogP contribution is -2.27. The number of nitrogens with one attached hydrogen (secondary N) is 1. The minimum atomic E-state index is -0.502. The average Bonchev–Trinajstić information content (AvgIpc) is 2.72. The van der Waals surface area contributed by atoms with Crippen LogP contribution in [0.2, 0.25) is 0 Å². The Morgan fingerprint density at radius 3 is 3.05 bits per heavy atom. The third-order valence-electron chi connectivity index (χ3n) is 2.55. The van der Waals surface area contributed by atoms with Crippen molar-refractivity contribution in [3.63, 3.8) is 0 Å². The summed E-state index contributed by atoms with van der Waals surface area (Å²) in [5.74, 6) is 0.304. The molecule has 8 heteroatoms. The minimum absolute atomic E-state index is 0.0836. The van der Waals surface area contributed by atoms with Crippen LogP contribution in [0.1, 0.15) is 18.7 Å². The molecule has 1 aromatic rings. The van der Waals surface area contributed by atoms with Crippen LogP contribution in [0.4, 0.5) is 5.82 Å². The second kappa shape index (κ2) is 7.10. The zero-order valence-electron chi connectivity index (χ0n) is 10.6. The van der Waals surface area contributed by atoms with Gasteiger partial charge in [0.2, 0.25) is 12.5 Å². The molecule has 102 valence electrons. The molecule has 1 amide bonds. The van der Waals surface area contributed by atoms with Gasteiger partial charge in [0.15, 0.2) is 5.82 Å². The van der Waals surface area contributed by atoms with E-state index in [1.165, 1.54) is 10.8 Å². The van der Waals surface area contributed by atoms with E-state index in [0.29, 0.717) is 38.3 Å². The van der Waals surface area contributed by atoms with Gasteiger partial charge in [-0.1, -0.05) is 0 Å². The van der Waals surface area contributed by atoms with Crippen molar-refractivity contribution in [2.75, 3.05) is 13.1 Å². The molecule has 1 rings (SSSR count). The van der Waals surface area contributed by atoms with Crippen LogP contribution in [0.15, 0.2) is 6.20 Å². The van der Waals surface area contributed by atoms with E-state index in [2.05, 4.69) is 15.1 Å². The Morgan fingerprint density at radius 2 is 2.42 bits per heavy atom. The van der Waals surface area contributed by atoms with Crippen molar-refractivity contribution in [1.82, 2.24) is 14.9 Å². The molecule has 0 aliphatic rings. The predicted molar refractivity (Wildman–Crippen MR) is 67.3 cm³/mol. The van der Waals surface area contributed by atoms with Gasteiger partial charge in [0, 0.05) is 19.8 Å². The summed E-state index contributed by atoms with van der Waals surface area (Å²) in [6.07, 6.45) is 2.03. The molecular weight excluding hydrogens is 250 g/mol. The number of hydrogen-bond acceptors (Lipinski definition) is 4. The summed E-state index contributed by atoms with van der Waals surface area (Å²) >= 11 is 0. The minimum Gasteiger partial charge on any atom is -0.358 e. The third-order valence-corrected chi connectivity index (χ3v) is 2.55. The van der Waals surface area contributed by atoms with Gasteiger partial charge < -0.3 is 20.3 Å². The zero-order valence-corrected chi connectivity index (χ0v) is 10.6. The van der Waals surface area contributed by atoms with Gasteiger partial charge in [-0.15, -0.1) is 0 Å². The van der Waals surface area contributed by atoms with Gasteiger partial charge in [0.25, 0.3) is 0 Å². The van der Waals surface area contributed by atoms with Gasteiger partial charge in [-0.3, -0.25) is 4.79 Å². The number of carbonyl (C=O) groups is 1. The van der Waals surface area contributed by atoms with Crippen LogP contribution in [0.3, 0.4) is 0 Å². The number of amides is 1. The van der Waals surface area contributed by atoms with Gasteiger partial charge in [-0.25, -0.2) is 16.1 Å². The van der Waals surface area contributed by atoms with Crippen LogP contribution < -0.4 is 5.32 Å². The fourth-order valence-corrected chi connectivity index (χ4v) is 1.59. The summed E-state index contributed by atoms with van der Waals surface area (Å²) in [4.78, 5) is 28.6. The molecule has 1 N–H and O–H groups in total. The van der Waals surface area contributed by atoms with Gasteiger partial charge in [-0.2, -0.15) is 0 Å². The monoisotopic (exact) mass is 265 g/mol. The van der Waals surface area contributed by atoms with E-state index in [1.54, 1.807) is 6.92 Å². The van der Waals surface area contributed by atoms with E-state index in [9.17, 15) is 14.9 Å². The summed E-state index contributed by atoms with van der Waals surface area (Å²) in [5.41, 5.74) is 0. The highest BCUT2D eigenvalue weighted by atomic mass is 16.6. The van der Waals surface area contributed by atoms with E-state index in [0.717, 1.165) is 0 Å². The van der Waals surface area contributed by atoms with E-state index in [1.807, 2.05) is 0 Å². The van der Waals surface area contributed by atoms with Crippen LogP contribution in [0, 0.1) is 23.6 Å². The number of aryl methyl sites for hydroxylation is 1. The van der Waals surface area contributed by atoms with Crippen LogP contribution >= 0.6 is 0 Å². The number of rotatable bonds is 7. The fourth-order valence-electron chi connectivity index (χ4n) is 1.59. The molecule has 1 aromatic heterocycles. The molecule has 19 heavy (non-hydrogen) atoms. The van der Waals surface area contributed by atoms with Gasteiger partial charge in [0.1, 0.15) is 12.7 Å². The van der Waals surface area contributed by atoms with E-state index < -0.39 is 4.92 Å². The van der Waals surface area contributed by atoms with Crippen molar-refractivity contribution in [2.24, 2.45) is 0 Å². The molecule has 1 heterocycles. The molecular formula is C11H15N5O3. The molecule has 0 bridgehead atoms. The maximum absolute atomic E-state index is 11.4. The van der Waals surface area contributed by atoms with Crippen molar-refractivity contribution in [2.45, 2.75) is 26.3 Å². The van der Waals surface area contributed by atoms with Crippen LogP contribution in [-0.4, -0.2) is 33.5 Å². The number of carbonyl (C=O) groups excluding carboxylic acids is 1. The van der Waals surface area contributed by atoms with Crippen molar-refractivity contribution >= 4 is 11.7 Å². The topological polar surface area (TPSA) is 94.4 Å². The molecule has 0 saturated carbocycles. The van der Waals surface area contributed by atoms with Crippen LogP contribution in [0.25, 0.3) is 4.85 Å². The standard InChI is InChI=1S/C11H15N5O3/c1-9-14-8-11(16(18)19)15(9)7-6-13-10(17)4-3-5-12-2/h8H,3-7H2,1H3,(H,13,17). The number of nitrogens with zero attached hydrogens (tertiary/aromatic N) is 4. The molecule has 0 aliphatic heterocycles. The second-order valence-corrected chi connectivity index (χ2v) is 3.91. The predicted octanol–water partition coefficient (Wildman–Crippen LogP) is 0.915. The Morgan fingerprint density at radius 1 is 1.68 bits per heavy atom. The quantitative estimate of drug-likeness (QED) is 0.343. The Labute approximate surface area is 110 Å². The van der Waals surface area contributed by atoms with E-state index in [-0.39, 0.29) is 11.7 Å². The molecule has 0 spiro atoms. The molecule has 0 fully saturated rings. The number of hydrogen-bond donors (Lipinski definition) is 1. The lowest BCUT2D eigenvalue weighted by Gasteiger charge is -2.04. The first-order valence-corrected chi connectivity index (χ1v) is 5.82. The summed E-state index contributed by atoms with van der Waals surface area (Å²) < 4.78 is 1.44. The molecule has 0 unspecified atom stereocenters. The normalized spacial score (nSPS) is 9.89. The summed E-state index contributed by atoms with van der Waals surface area (Å²) in [5, 5.41) is 13.4. The van der Waals surface area contributed by atoms with Crippen LogP contribution in [0.5, 0.6) is 0 Å². The van der Waals surface area contributed by atoms with Gasteiger partial charge in [0.05, 0.1) is 6.54 Å². The summed E-state index contributed by atoms with van der Waals surface area (Å²) in [7, 11) is 0. The highest BCUT2D eigenvalue weighted by Crippen LogP contribution is 2.12. The second-order valence-electron chi connectivity index (χ2n) is 3.91. The van der Waals surface area contributed by atoms with Gasteiger partial charge in [-0.05, 0) is 4.92 Å². The van der Waals surface area contributed by atoms with E-state index >= 15 is 0 Å². The zero-order chi connectivity index (χ0) is 14.3. The molecule has 0 saturated heterocycles. The molecule has 0 radical (unpaired) electrons. The first kappa shape index (κ1) is 14.6. The van der Waals surface area contributed by atoms with Crippen molar-refractivity contribution < 1.29 is 9.72 Å². The Hall–Kier alpha value is -2.43. The number of aromatic nitrogens is 2. The van der Waals surface area contributed by atoms with Crippen molar-refractivity contribution in [3.05, 3.63) is 33.6 Å². The first-order valence-electron chi connectivity index (χ1n) is 5.82. The van der Waals surface area contributed by atoms with Crippen molar-refractivity contribution in [3.8, 4) is 0 Å². The third kappa shape index (κ3) is 4.39. The fraction of sp³-hybridized carbons (Fsp3) is 0.545. The molecule has 0 atom stereocenters. The SMILES string of the molecule is [C-]#[N+]CCCC(=O)NCCn1c([N+](=O)[O-])cnc1C. The smallest absolute Gasteiger partial charge is 0.342 e. The molecule has 0 aromatic carbocycles. The van der Waals surface area contributed by atoms with Crippen molar-refractivity contribution in [1.29, 1.82) is 0 Å². The van der Waals surface area contributed by atoms with Gasteiger partial charge >= 0.3 is 5.82 Å². The Balaban J connectivity index is 2.41. The van der Waals surface area contributed by atoms with Crippen LogP contribution in [-0.2, 0) is 11.3 Å². The van der Waals surface area contributed by atoms with E-state index in [4.69, 9.17) is 6.57 Å². The Kier molecular flexibility index (Phi) is 5.47. The first-order chi connectivity index (χ1) is 9.06.